The van der Waals surface area contributed by atoms with Crippen LogP contribution < -0.4 is 0 Å². The molecule has 0 amide bonds. The van der Waals surface area contributed by atoms with Gasteiger partial charge >= 0.3 is 5.97 Å². The third-order valence-corrected chi connectivity index (χ3v) is 0.808. The predicted molar refractivity (Wildman–Crippen MR) is 30.2 cm³/mol. The topological polar surface area (TPSA) is 61.2 Å². The van der Waals surface area contributed by atoms with Crippen molar-refractivity contribution in [1.29, 1.82) is 5.41 Å². The Hall–Kier alpha value is -0.860. The van der Waals surface area contributed by atoms with Gasteiger partial charge in [-0.3, -0.25) is 5.41 Å². The molecule has 0 aromatic carbocycles. The smallest absolute Gasteiger partial charge is 0.349 e. The lowest BCUT2D eigenvalue weighted by molar-refractivity contribution is -0.129. The molecule has 0 aromatic rings. The van der Waals surface area contributed by atoms with Gasteiger partial charge in [-0.05, 0) is 0 Å². The van der Waals surface area contributed by atoms with Gasteiger partial charge in [0.2, 0.25) is 0 Å². The van der Waals surface area contributed by atoms with Crippen molar-refractivity contribution < 1.29 is 9.90 Å². The van der Waals surface area contributed by atoms with Crippen molar-refractivity contribution in [3.05, 3.63) is 0 Å². The maximum atomic E-state index is 9.92. The van der Waals surface area contributed by atoms with E-state index < -0.39 is 5.97 Å². The molecule has 0 saturated carbocycles. The lowest BCUT2D eigenvalue weighted by atomic mass is 10.1. The molecular weight excluding hydrogens is 106 g/mol. The molecule has 0 unspecified atom stereocenters. The Morgan fingerprint density at radius 2 is 2.00 bits per heavy atom. The summed E-state index contributed by atoms with van der Waals surface area (Å²) in [4.78, 5) is 9.92. The van der Waals surface area contributed by atoms with Gasteiger partial charge in [0, 0.05) is 5.92 Å². The normalized spacial score (nSPS) is 9.38. The summed E-state index contributed by atoms with van der Waals surface area (Å²) in [6.45, 7) is 3.35. The zero-order valence-corrected chi connectivity index (χ0v) is 4.93. The van der Waals surface area contributed by atoms with Crippen molar-refractivity contribution in [1.82, 2.24) is 0 Å². The summed E-state index contributed by atoms with van der Waals surface area (Å²) in [6, 6.07) is 0. The van der Waals surface area contributed by atoms with Gasteiger partial charge in [-0.15, -0.1) is 0 Å². The highest BCUT2D eigenvalue weighted by molar-refractivity contribution is 6.34. The van der Waals surface area contributed by atoms with Gasteiger partial charge in [0.15, 0.2) is 0 Å². The van der Waals surface area contributed by atoms with E-state index in [-0.39, 0.29) is 11.6 Å². The quantitative estimate of drug-likeness (QED) is 0.521. The molecule has 0 spiro atoms. The summed E-state index contributed by atoms with van der Waals surface area (Å²) in [5.74, 6) is -1.30. The molecule has 0 aliphatic rings. The van der Waals surface area contributed by atoms with Crippen molar-refractivity contribution >= 4 is 11.7 Å². The molecule has 0 saturated heterocycles. The molecule has 0 atom stereocenters. The van der Waals surface area contributed by atoms with Crippen LogP contribution in [0.1, 0.15) is 13.8 Å². The number of nitrogens with one attached hydrogen (secondary N) is 1. The molecule has 0 aliphatic carbocycles. The Morgan fingerprint density at radius 1 is 1.62 bits per heavy atom. The molecule has 0 bridgehead atoms. The lowest BCUT2D eigenvalue weighted by Crippen LogP contribution is -2.17. The van der Waals surface area contributed by atoms with Crippen molar-refractivity contribution in [2.45, 2.75) is 13.8 Å². The summed E-state index contributed by atoms with van der Waals surface area (Å²) in [6.07, 6.45) is 0. The zero-order chi connectivity index (χ0) is 6.73. The van der Waals surface area contributed by atoms with Crippen LogP contribution in [0.2, 0.25) is 0 Å². The van der Waals surface area contributed by atoms with Crippen LogP contribution in [0.5, 0.6) is 0 Å². The summed E-state index contributed by atoms with van der Waals surface area (Å²) < 4.78 is 0. The number of rotatable bonds is 2. The number of carbonyl (C=O) groups is 1. The standard InChI is InChI=1S/C5H9NO2/c1-3(2)4(6)5(7)8/h3,6H,1-2H3,(H,7,8). The van der Waals surface area contributed by atoms with E-state index in [0.29, 0.717) is 0 Å². The molecule has 8 heavy (non-hydrogen) atoms. The minimum atomic E-state index is -1.12. The van der Waals surface area contributed by atoms with Crippen LogP contribution in [0.25, 0.3) is 0 Å². The van der Waals surface area contributed by atoms with Crippen LogP contribution in [0, 0.1) is 11.3 Å². The third-order valence-electron chi connectivity index (χ3n) is 0.808. The number of hydrogen-bond acceptors (Lipinski definition) is 2. The predicted octanol–water partition coefficient (Wildman–Crippen LogP) is 0.747. The second kappa shape index (κ2) is 2.45. The molecule has 46 valence electrons. The minimum Gasteiger partial charge on any atom is -0.477 e. The fourth-order valence-electron chi connectivity index (χ4n) is 0.247. The molecule has 3 nitrogen and oxygen atoms in total. The maximum Gasteiger partial charge on any atom is 0.349 e. The van der Waals surface area contributed by atoms with E-state index in [0.717, 1.165) is 0 Å². The van der Waals surface area contributed by atoms with E-state index in [9.17, 15) is 4.79 Å². The summed E-state index contributed by atoms with van der Waals surface area (Å²) in [7, 11) is 0. The summed E-state index contributed by atoms with van der Waals surface area (Å²) in [5.41, 5.74) is -0.231. The lowest BCUT2D eigenvalue weighted by Gasteiger charge is -1.98. The molecule has 0 fully saturated rings. The van der Waals surface area contributed by atoms with Gasteiger partial charge in [0.1, 0.15) is 5.71 Å². The van der Waals surface area contributed by atoms with E-state index in [1.807, 2.05) is 0 Å². The van der Waals surface area contributed by atoms with E-state index >= 15 is 0 Å². The van der Waals surface area contributed by atoms with Gasteiger partial charge in [-0.1, -0.05) is 13.8 Å². The highest BCUT2D eigenvalue weighted by Gasteiger charge is 2.09. The van der Waals surface area contributed by atoms with Gasteiger partial charge in [0.05, 0.1) is 0 Å². The SMILES string of the molecule is CC(C)C(=N)C(=O)O. The molecular formula is C5H9NO2. The van der Waals surface area contributed by atoms with Crippen LogP contribution in [-0.2, 0) is 4.79 Å². The molecule has 0 aliphatic heterocycles. The Labute approximate surface area is 47.8 Å². The fourth-order valence-corrected chi connectivity index (χ4v) is 0.247. The first-order valence-corrected chi connectivity index (χ1v) is 2.37. The number of carboxylic acid groups (broad SMARTS) is 1. The van der Waals surface area contributed by atoms with E-state index in [1.54, 1.807) is 13.8 Å². The van der Waals surface area contributed by atoms with Crippen molar-refractivity contribution in [2.24, 2.45) is 5.92 Å². The molecule has 3 heteroatoms. The second-order valence-electron chi connectivity index (χ2n) is 1.87. The van der Waals surface area contributed by atoms with Crippen LogP contribution in [0.4, 0.5) is 0 Å². The Kier molecular flexibility index (Phi) is 2.19. The Bertz CT molecular complexity index is 118. The van der Waals surface area contributed by atoms with E-state index in [2.05, 4.69) is 0 Å². The molecule has 0 rings (SSSR count). The Morgan fingerprint density at radius 3 is 2.00 bits per heavy atom. The second-order valence-corrected chi connectivity index (χ2v) is 1.87. The van der Waals surface area contributed by atoms with Crippen LogP contribution in [0.3, 0.4) is 0 Å². The van der Waals surface area contributed by atoms with Gasteiger partial charge in [-0.25, -0.2) is 4.79 Å². The van der Waals surface area contributed by atoms with Crippen LogP contribution in [-0.4, -0.2) is 16.8 Å². The van der Waals surface area contributed by atoms with Crippen LogP contribution in [0.15, 0.2) is 0 Å². The number of carboxylic acids is 1. The maximum absolute atomic E-state index is 9.92. The number of aliphatic carboxylic acids is 1. The van der Waals surface area contributed by atoms with E-state index in [1.165, 1.54) is 0 Å². The minimum absolute atomic E-state index is 0.174. The highest BCUT2D eigenvalue weighted by atomic mass is 16.4. The van der Waals surface area contributed by atoms with Gasteiger partial charge in [-0.2, -0.15) is 0 Å². The van der Waals surface area contributed by atoms with Gasteiger partial charge < -0.3 is 5.11 Å². The first kappa shape index (κ1) is 7.14. The van der Waals surface area contributed by atoms with Crippen LogP contribution >= 0.6 is 0 Å². The Balaban J connectivity index is 3.84. The van der Waals surface area contributed by atoms with E-state index in [4.69, 9.17) is 10.5 Å². The molecule has 0 heterocycles. The molecule has 2 N–H and O–H groups in total. The monoisotopic (exact) mass is 115 g/mol. The van der Waals surface area contributed by atoms with Crippen molar-refractivity contribution in [3.63, 3.8) is 0 Å². The first-order valence-electron chi connectivity index (χ1n) is 2.37. The average molecular weight is 115 g/mol. The number of hydrogen-bond donors (Lipinski definition) is 2. The molecule has 0 radical (unpaired) electrons. The summed E-state index contributed by atoms with van der Waals surface area (Å²) in [5, 5.41) is 14.9. The van der Waals surface area contributed by atoms with Crippen molar-refractivity contribution in [2.75, 3.05) is 0 Å². The highest BCUT2D eigenvalue weighted by Crippen LogP contribution is 1.92. The fraction of sp³-hybridized carbons (Fsp3) is 0.600. The molecule has 0 aromatic heterocycles. The van der Waals surface area contributed by atoms with Gasteiger partial charge in [0.25, 0.3) is 0 Å². The zero-order valence-electron chi connectivity index (χ0n) is 4.93. The summed E-state index contributed by atoms with van der Waals surface area (Å²) >= 11 is 0. The first-order chi connectivity index (χ1) is 3.55. The van der Waals surface area contributed by atoms with Crippen molar-refractivity contribution in [3.8, 4) is 0 Å². The average Bonchev–Trinajstić information content (AvgIpc) is 1.64. The largest absolute Gasteiger partial charge is 0.477 e. The third kappa shape index (κ3) is 1.73.